The van der Waals surface area contributed by atoms with Crippen molar-refractivity contribution in [1.29, 1.82) is 0 Å². The van der Waals surface area contributed by atoms with Gasteiger partial charge in [0.1, 0.15) is 0 Å². The summed E-state index contributed by atoms with van der Waals surface area (Å²) < 4.78 is 92.1. The van der Waals surface area contributed by atoms with E-state index in [1.165, 1.54) is 0 Å². The molecular weight excluding hydrogens is 505 g/mol. The molecule has 0 aromatic heterocycles. The van der Waals surface area contributed by atoms with Gasteiger partial charge in [0, 0.05) is 4.47 Å². The minimum Gasteiger partial charge on any atom is -0.481 e. The molecule has 166 valence electrons. The Balaban J connectivity index is 1.93. The highest BCUT2D eigenvalue weighted by atomic mass is 79.9. The lowest BCUT2D eigenvalue weighted by Gasteiger charge is -2.40. The van der Waals surface area contributed by atoms with E-state index in [0.29, 0.717) is 6.07 Å². The van der Waals surface area contributed by atoms with Crippen LogP contribution in [0.5, 0.6) is 0 Å². The van der Waals surface area contributed by atoms with Crippen molar-refractivity contribution in [3.63, 3.8) is 0 Å². The lowest BCUT2D eigenvalue weighted by atomic mass is 9.93. The van der Waals surface area contributed by atoms with E-state index >= 15 is 0 Å². The monoisotopic (exact) mass is 519 g/mol. The van der Waals surface area contributed by atoms with Crippen LogP contribution in [0, 0.1) is 11.8 Å². The molecule has 2 fully saturated rings. The first kappa shape index (κ1) is 22.9. The van der Waals surface area contributed by atoms with Crippen LogP contribution in [-0.4, -0.2) is 54.6 Å². The van der Waals surface area contributed by atoms with Crippen LogP contribution in [0.4, 0.5) is 22.0 Å². The van der Waals surface area contributed by atoms with Gasteiger partial charge in [-0.2, -0.15) is 13.2 Å². The number of aliphatic carboxylic acids is 1. The van der Waals surface area contributed by atoms with Crippen molar-refractivity contribution < 1.29 is 45.1 Å². The van der Waals surface area contributed by atoms with Gasteiger partial charge in [-0.1, -0.05) is 15.9 Å². The number of benzene rings is 1. The zero-order valence-electron chi connectivity index (χ0n) is 15.0. The molecule has 0 spiro atoms. The molecular formula is C17H15BrF5NO5S. The number of carboxylic acid groups (broad SMARTS) is 1. The number of hydrogen-bond donors (Lipinski definition) is 1. The summed E-state index contributed by atoms with van der Waals surface area (Å²) in [6, 6.07) is 2.47. The Bertz CT molecular complexity index is 989. The molecule has 1 saturated carbocycles. The second-order valence-corrected chi connectivity index (χ2v) is 10.5. The molecule has 1 amide bonds. The van der Waals surface area contributed by atoms with Crippen molar-refractivity contribution in [1.82, 2.24) is 4.90 Å². The molecule has 3 atom stereocenters. The third-order valence-corrected chi connectivity index (χ3v) is 8.03. The first-order chi connectivity index (χ1) is 13.6. The lowest BCUT2D eigenvalue weighted by molar-refractivity contribution is -0.172. The normalized spacial score (nSPS) is 26.3. The summed E-state index contributed by atoms with van der Waals surface area (Å²) in [6.07, 6.45) is -6.14. The van der Waals surface area contributed by atoms with Gasteiger partial charge in [0.2, 0.25) is 5.91 Å². The highest BCUT2D eigenvalue weighted by Gasteiger charge is 2.54. The quantitative estimate of drug-likeness (QED) is 0.616. The van der Waals surface area contributed by atoms with Gasteiger partial charge >= 0.3 is 12.1 Å². The summed E-state index contributed by atoms with van der Waals surface area (Å²) in [6.45, 7) is -1.81. The predicted octanol–water partition coefficient (Wildman–Crippen LogP) is 3.20. The maximum Gasteiger partial charge on any atom is 0.417 e. The van der Waals surface area contributed by atoms with E-state index in [1.807, 2.05) is 0 Å². The van der Waals surface area contributed by atoms with E-state index in [9.17, 15) is 45.1 Å². The van der Waals surface area contributed by atoms with E-state index < -0.39 is 87.3 Å². The average molecular weight is 520 g/mol. The number of sulfone groups is 1. The first-order valence-corrected chi connectivity index (χ1v) is 11.0. The fourth-order valence-electron chi connectivity index (χ4n) is 3.84. The lowest BCUT2D eigenvalue weighted by Crippen LogP contribution is -2.60. The van der Waals surface area contributed by atoms with Crippen molar-refractivity contribution in [3.8, 4) is 0 Å². The molecule has 1 heterocycles. The molecule has 0 radical (unpaired) electrons. The number of hydrogen-bond acceptors (Lipinski definition) is 4. The molecule has 6 nitrogen and oxygen atoms in total. The van der Waals surface area contributed by atoms with Crippen molar-refractivity contribution in [2.75, 3.05) is 13.1 Å². The zero-order chi connectivity index (χ0) is 22.6. The van der Waals surface area contributed by atoms with Crippen LogP contribution in [0.25, 0.3) is 0 Å². The van der Waals surface area contributed by atoms with Crippen LogP contribution >= 0.6 is 15.9 Å². The second kappa shape index (κ2) is 7.43. The highest BCUT2D eigenvalue weighted by Crippen LogP contribution is 2.44. The number of amides is 1. The molecule has 1 saturated heterocycles. The molecule has 1 aromatic carbocycles. The Morgan fingerprint density at radius 2 is 1.70 bits per heavy atom. The standard InChI is InChI=1S/C17H15BrF5NO5S/c18-8-1-2-13(12(3-8)17(21,22)23)30(28,29)9-4-10(11(5-9)15(26)27)14(25)24-6-16(19,20)7-24/h1-3,9-11H,4-7H2,(H,26,27)/t9-,10-,11-/m1/s1. The van der Waals surface area contributed by atoms with Crippen molar-refractivity contribution in [2.24, 2.45) is 11.8 Å². The summed E-state index contributed by atoms with van der Waals surface area (Å²) in [7, 11) is -4.66. The van der Waals surface area contributed by atoms with Crippen LogP contribution in [-0.2, 0) is 25.6 Å². The van der Waals surface area contributed by atoms with Gasteiger partial charge in [0.05, 0.1) is 40.6 Å². The molecule has 0 bridgehead atoms. The summed E-state index contributed by atoms with van der Waals surface area (Å²) >= 11 is 2.85. The van der Waals surface area contributed by atoms with E-state index in [0.717, 1.165) is 17.0 Å². The van der Waals surface area contributed by atoms with E-state index in [1.54, 1.807) is 0 Å². The van der Waals surface area contributed by atoms with Crippen molar-refractivity contribution in [3.05, 3.63) is 28.2 Å². The molecule has 1 aliphatic heterocycles. The maximum atomic E-state index is 13.4. The summed E-state index contributed by atoms with van der Waals surface area (Å²) in [5, 5.41) is 7.81. The van der Waals surface area contributed by atoms with Crippen LogP contribution in [0.15, 0.2) is 27.6 Å². The number of alkyl halides is 5. The Hall–Kier alpha value is -1.76. The SMILES string of the molecule is O=C(O)[C@@H]1C[C@H](S(=O)(=O)c2ccc(Br)cc2C(F)(F)F)C[C@H]1C(=O)N1CC(F)(F)C1. The van der Waals surface area contributed by atoms with Gasteiger partial charge in [-0.3, -0.25) is 9.59 Å². The molecule has 30 heavy (non-hydrogen) atoms. The number of likely N-dealkylation sites (tertiary alicyclic amines) is 1. The number of carboxylic acids is 1. The minimum atomic E-state index is -4.99. The van der Waals surface area contributed by atoms with Crippen LogP contribution in [0.3, 0.4) is 0 Å². The molecule has 1 N–H and O–H groups in total. The maximum absolute atomic E-state index is 13.4. The van der Waals surface area contributed by atoms with E-state index in [2.05, 4.69) is 15.9 Å². The van der Waals surface area contributed by atoms with Crippen LogP contribution in [0.2, 0.25) is 0 Å². The summed E-state index contributed by atoms with van der Waals surface area (Å²) in [4.78, 5) is 23.7. The van der Waals surface area contributed by atoms with Gasteiger partial charge in [-0.05, 0) is 31.0 Å². The Morgan fingerprint density at radius 1 is 1.13 bits per heavy atom. The summed E-state index contributed by atoms with van der Waals surface area (Å²) in [5.74, 6) is -8.46. The van der Waals surface area contributed by atoms with E-state index in [4.69, 9.17) is 0 Å². The Kier molecular flexibility index (Phi) is 5.68. The van der Waals surface area contributed by atoms with Gasteiger partial charge in [-0.25, -0.2) is 17.2 Å². The Labute approximate surface area is 176 Å². The second-order valence-electron chi connectivity index (χ2n) is 7.38. The number of rotatable bonds is 4. The third-order valence-electron chi connectivity index (χ3n) is 5.30. The van der Waals surface area contributed by atoms with Gasteiger partial charge in [0.15, 0.2) is 9.84 Å². The van der Waals surface area contributed by atoms with Gasteiger partial charge in [0.25, 0.3) is 5.92 Å². The number of carbonyl (C=O) groups excluding carboxylic acids is 1. The average Bonchev–Trinajstić information content (AvgIpc) is 3.04. The minimum absolute atomic E-state index is 0.00428. The topological polar surface area (TPSA) is 91.7 Å². The molecule has 0 unspecified atom stereocenters. The predicted molar refractivity (Wildman–Crippen MR) is 95.5 cm³/mol. The van der Waals surface area contributed by atoms with Crippen LogP contribution in [0.1, 0.15) is 18.4 Å². The van der Waals surface area contributed by atoms with Crippen molar-refractivity contribution in [2.45, 2.75) is 35.1 Å². The van der Waals surface area contributed by atoms with Gasteiger partial charge < -0.3 is 10.0 Å². The molecule has 1 aromatic rings. The molecule has 13 heteroatoms. The molecule has 2 aliphatic rings. The number of nitrogens with zero attached hydrogens (tertiary/aromatic N) is 1. The molecule has 1 aliphatic carbocycles. The molecule has 3 rings (SSSR count). The summed E-state index contributed by atoms with van der Waals surface area (Å²) in [5.41, 5.74) is -1.42. The Morgan fingerprint density at radius 3 is 2.20 bits per heavy atom. The van der Waals surface area contributed by atoms with Crippen LogP contribution < -0.4 is 0 Å². The fourth-order valence-corrected chi connectivity index (χ4v) is 6.22. The highest BCUT2D eigenvalue weighted by molar-refractivity contribution is 9.10. The smallest absolute Gasteiger partial charge is 0.417 e. The van der Waals surface area contributed by atoms with Gasteiger partial charge in [-0.15, -0.1) is 0 Å². The number of carbonyl (C=O) groups is 2. The number of halogens is 6. The first-order valence-electron chi connectivity index (χ1n) is 8.63. The van der Waals surface area contributed by atoms with E-state index in [-0.39, 0.29) is 4.47 Å². The fraction of sp³-hybridized carbons (Fsp3) is 0.529. The zero-order valence-corrected chi connectivity index (χ0v) is 17.4. The van der Waals surface area contributed by atoms with Crippen molar-refractivity contribution >= 4 is 37.6 Å². The largest absolute Gasteiger partial charge is 0.481 e. The third kappa shape index (κ3) is 4.18.